The Balaban J connectivity index is 1.97. The molecule has 116 valence electrons. The molecule has 1 atom stereocenters. The zero-order valence-electron chi connectivity index (χ0n) is 12.5. The first-order chi connectivity index (χ1) is 11.1. The van der Waals surface area contributed by atoms with Gasteiger partial charge in [-0.15, -0.1) is 6.58 Å². The van der Waals surface area contributed by atoms with E-state index < -0.39 is 17.9 Å². The van der Waals surface area contributed by atoms with Crippen molar-refractivity contribution in [3.63, 3.8) is 0 Å². The fourth-order valence-electron chi connectivity index (χ4n) is 3.08. The highest BCUT2D eigenvalue weighted by Gasteiger charge is 2.34. The molecule has 2 aromatic carbocycles. The summed E-state index contributed by atoms with van der Waals surface area (Å²) in [5.74, 6) is -1.83. The fourth-order valence-corrected chi connectivity index (χ4v) is 3.08. The first kappa shape index (κ1) is 15.0. The number of hydrogen-bond acceptors (Lipinski definition) is 2. The van der Waals surface area contributed by atoms with E-state index in [0.717, 1.165) is 22.3 Å². The molecule has 4 heteroatoms. The first-order valence-corrected chi connectivity index (χ1v) is 7.45. The molecule has 1 amide bonds. The molecule has 2 N–H and O–H groups in total. The van der Waals surface area contributed by atoms with Gasteiger partial charge in [0.15, 0.2) is 0 Å². The summed E-state index contributed by atoms with van der Waals surface area (Å²) in [6.07, 6.45) is 1.69. The maximum absolute atomic E-state index is 12.8. The number of carbonyl (C=O) groups is 2. The summed E-state index contributed by atoms with van der Waals surface area (Å²) in [5.41, 5.74) is 3.88. The van der Waals surface area contributed by atoms with Gasteiger partial charge in [0.05, 0.1) is 5.92 Å². The number of hydrogen-bond donors (Lipinski definition) is 2. The molecular formula is C19H17NO3. The number of carboxylic acids is 1. The zero-order chi connectivity index (χ0) is 16.4. The van der Waals surface area contributed by atoms with Crippen molar-refractivity contribution in [3.8, 4) is 11.1 Å². The second-order valence-corrected chi connectivity index (χ2v) is 5.53. The predicted molar refractivity (Wildman–Crippen MR) is 88.1 cm³/mol. The highest BCUT2D eigenvalue weighted by atomic mass is 16.4. The quantitative estimate of drug-likeness (QED) is 0.835. The van der Waals surface area contributed by atoms with Crippen molar-refractivity contribution < 1.29 is 14.7 Å². The molecule has 0 aromatic heterocycles. The summed E-state index contributed by atoms with van der Waals surface area (Å²) >= 11 is 0. The van der Waals surface area contributed by atoms with Gasteiger partial charge in [-0.2, -0.15) is 0 Å². The predicted octanol–water partition coefficient (Wildman–Crippen LogP) is 2.94. The largest absolute Gasteiger partial charge is 0.480 e. The molecule has 0 aliphatic heterocycles. The van der Waals surface area contributed by atoms with Gasteiger partial charge in [-0.05, 0) is 28.7 Å². The monoisotopic (exact) mass is 307 g/mol. The van der Waals surface area contributed by atoms with E-state index in [4.69, 9.17) is 0 Å². The van der Waals surface area contributed by atoms with Crippen LogP contribution in [0.2, 0.25) is 0 Å². The Kier molecular flexibility index (Phi) is 3.98. The van der Waals surface area contributed by atoms with E-state index in [9.17, 15) is 14.7 Å². The molecule has 1 aliphatic carbocycles. The molecular weight excluding hydrogens is 290 g/mol. The van der Waals surface area contributed by atoms with Gasteiger partial charge in [-0.25, -0.2) is 4.79 Å². The molecule has 3 rings (SSSR count). The standard InChI is InChI=1S/C19H17NO3/c1-2-7-16(19(22)23)20-18(21)17-14-10-5-3-8-12(14)13-9-4-6-11-15(13)17/h2-6,8-11,16-17H,1,7H2,(H,20,21)(H,22,23)/t16-/m1/s1. The minimum Gasteiger partial charge on any atom is -0.480 e. The number of benzene rings is 2. The van der Waals surface area contributed by atoms with E-state index in [-0.39, 0.29) is 12.3 Å². The van der Waals surface area contributed by atoms with E-state index in [2.05, 4.69) is 11.9 Å². The normalized spacial score (nSPS) is 13.7. The van der Waals surface area contributed by atoms with Crippen molar-refractivity contribution >= 4 is 11.9 Å². The molecule has 2 aromatic rings. The van der Waals surface area contributed by atoms with Crippen LogP contribution in [0.15, 0.2) is 61.2 Å². The van der Waals surface area contributed by atoms with Crippen LogP contribution in [-0.4, -0.2) is 23.0 Å². The number of carbonyl (C=O) groups excluding carboxylic acids is 1. The molecule has 0 bridgehead atoms. The second kappa shape index (κ2) is 6.08. The van der Waals surface area contributed by atoms with Gasteiger partial charge in [-0.3, -0.25) is 4.79 Å². The van der Waals surface area contributed by atoms with Crippen LogP contribution < -0.4 is 5.32 Å². The van der Waals surface area contributed by atoms with Crippen molar-refractivity contribution in [3.05, 3.63) is 72.3 Å². The summed E-state index contributed by atoms with van der Waals surface area (Å²) < 4.78 is 0. The number of rotatable bonds is 5. The van der Waals surface area contributed by atoms with Gasteiger partial charge in [0, 0.05) is 0 Å². The Labute approximate surface area is 134 Å². The Bertz CT molecular complexity index is 736. The van der Waals surface area contributed by atoms with Crippen molar-refractivity contribution in [2.24, 2.45) is 0 Å². The van der Waals surface area contributed by atoms with Crippen LogP contribution in [0.5, 0.6) is 0 Å². The third kappa shape index (κ3) is 2.63. The van der Waals surface area contributed by atoms with E-state index >= 15 is 0 Å². The molecule has 0 heterocycles. The second-order valence-electron chi connectivity index (χ2n) is 5.53. The molecule has 1 aliphatic rings. The summed E-state index contributed by atoms with van der Waals surface area (Å²) in [5, 5.41) is 11.9. The summed E-state index contributed by atoms with van der Waals surface area (Å²) in [6.45, 7) is 3.54. The van der Waals surface area contributed by atoms with Crippen LogP contribution >= 0.6 is 0 Å². The maximum Gasteiger partial charge on any atom is 0.326 e. The van der Waals surface area contributed by atoms with Gasteiger partial charge < -0.3 is 10.4 Å². The van der Waals surface area contributed by atoms with Gasteiger partial charge >= 0.3 is 5.97 Å². The summed E-state index contributed by atoms with van der Waals surface area (Å²) in [6, 6.07) is 14.5. The third-order valence-electron chi connectivity index (χ3n) is 4.11. The van der Waals surface area contributed by atoms with E-state index in [1.165, 1.54) is 6.08 Å². The topological polar surface area (TPSA) is 66.4 Å². The van der Waals surface area contributed by atoms with Gasteiger partial charge in [0.25, 0.3) is 0 Å². The smallest absolute Gasteiger partial charge is 0.326 e. The zero-order valence-corrected chi connectivity index (χ0v) is 12.5. The van der Waals surface area contributed by atoms with Crippen molar-refractivity contribution in [2.75, 3.05) is 0 Å². The van der Waals surface area contributed by atoms with E-state index in [1.807, 2.05) is 48.5 Å². The van der Waals surface area contributed by atoms with Crippen molar-refractivity contribution in [2.45, 2.75) is 18.4 Å². The number of carboxylic acid groups (broad SMARTS) is 1. The number of amides is 1. The van der Waals surface area contributed by atoms with Gasteiger partial charge in [0.1, 0.15) is 6.04 Å². The SMILES string of the molecule is C=CC[C@@H](NC(=O)C1c2ccccc2-c2ccccc21)C(=O)O. The molecule has 0 saturated carbocycles. The molecule has 0 spiro atoms. The van der Waals surface area contributed by atoms with Crippen LogP contribution in [-0.2, 0) is 9.59 Å². The average molecular weight is 307 g/mol. The molecule has 4 nitrogen and oxygen atoms in total. The van der Waals surface area contributed by atoms with Gasteiger partial charge in [0.2, 0.25) is 5.91 Å². The van der Waals surface area contributed by atoms with E-state index in [1.54, 1.807) is 0 Å². The maximum atomic E-state index is 12.8. The van der Waals surface area contributed by atoms with E-state index in [0.29, 0.717) is 0 Å². The minimum absolute atomic E-state index is 0.192. The highest BCUT2D eigenvalue weighted by molar-refractivity contribution is 5.97. The summed E-state index contributed by atoms with van der Waals surface area (Å²) in [7, 11) is 0. The Morgan fingerprint density at radius 2 is 1.61 bits per heavy atom. The van der Waals surface area contributed by atoms with Crippen LogP contribution in [0.4, 0.5) is 0 Å². The lowest BCUT2D eigenvalue weighted by Gasteiger charge is -2.18. The Morgan fingerprint density at radius 3 is 2.09 bits per heavy atom. The van der Waals surface area contributed by atoms with Crippen LogP contribution in [0.1, 0.15) is 23.5 Å². The number of fused-ring (bicyclic) bond motifs is 3. The lowest BCUT2D eigenvalue weighted by molar-refractivity contribution is -0.141. The van der Waals surface area contributed by atoms with Crippen LogP contribution in [0, 0.1) is 0 Å². The first-order valence-electron chi connectivity index (χ1n) is 7.45. The lowest BCUT2D eigenvalue weighted by atomic mass is 9.95. The Morgan fingerprint density at radius 1 is 1.09 bits per heavy atom. The number of nitrogens with one attached hydrogen (secondary N) is 1. The highest BCUT2D eigenvalue weighted by Crippen LogP contribution is 2.44. The lowest BCUT2D eigenvalue weighted by Crippen LogP contribution is -2.42. The molecule has 23 heavy (non-hydrogen) atoms. The van der Waals surface area contributed by atoms with Gasteiger partial charge in [-0.1, -0.05) is 54.6 Å². The third-order valence-corrected chi connectivity index (χ3v) is 4.11. The molecule has 0 fully saturated rings. The molecule has 0 radical (unpaired) electrons. The van der Waals surface area contributed by atoms with Crippen molar-refractivity contribution in [1.82, 2.24) is 5.32 Å². The average Bonchev–Trinajstić information content (AvgIpc) is 2.89. The van der Waals surface area contributed by atoms with Crippen molar-refractivity contribution in [1.29, 1.82) is 0 Å². The van der Waals surface area contributed by atoms with Crippen LogP contribution in [0.3, 0.4) is 0 Å². The molecule has 0 saturated heterocycles. The minimum atomic E-state index is -1.06. The summed E-state index contributed by atoms with van der Waals surface area (Å²) in [4.78, 5) is 24.0. The van der Waals surface area contributed by atoms with Crippen LogP contribution in [0.25, 0.3) is 11.1 Å². The fraction of sp³-hybridized carbons (Fsp3) is 0.158. The number of aliphatic carboxylic acids is 1. The Hall–Kier alpha value is -2.88. The molecule has 0 unspecified atom stereocenters.